The molecular weight excluding hydrogens is 244 g/mol. The van der Waals surface area contributed by atoms with Gasteiger partial charge in [-0.2, -0.15) is 0 Å². The maximum Gasteiger partial charge on any atom is 0.339 e. The quantitative estimate of drug-likeness (QED) is 0.881. The van der Waals surface area contributed by atoms with Gasteiger partial charge in [0.2, 0.25) is 0 Å². The summed E-state index contributed by atoms with van der Waals surface area (Å²) in [7, 11) is 0. The van der Waals surface area contributed by atoms with Crippen LogP contribution in [0.1, 0.15) is 35.3 Å². The first-order valence-electron chi connectivity index (χ1n) is 6.75. The molecule has 2 unspecified atom stereocenters. The molecule has 2 fully saturated rings. The molecule has 0 radical (unpaired) electrons. The zero-order valence-electron chi connectivity index (χ0n) is 11.0. The summed E-state index contributed by atoms with van der Waals surface area (Å²) in [5, 5.41) is 9.33. The molecule has 1 saturated carbocycles. The van der Waals surface area contributed by atoms with E-state index >= 15 is 0 Å². The van der Waals surface area contributed by atoms with Crippen LogP contribution in [0.3, 0.4) is 0 Å². The smallest absolute Gasteiger partial charge is 0.339 e. The summed E-state index contributed by atoms with van der Waals surface area (Å²) in [5.41, 5.74) is 1.93. The van der Waals surface area contributed by atoms with Crippen molar-refractivity contribution in [3.63, 3.8) is 0 Å². The summed E-state index contributed by atoms with van der Waals surface area (Å²) in [6.07, 6.45) is 5.02. The van der Waals surface area contributed by atoms with Gasteiger partial charge in [0.25, 0.3) is 0 Å². The second kappa shape index (κ2) is 4.81. The fourth-order valence-corrected chi connectivity index (χ4v) is 3.17. The third-order valence-corrected chi connectivity index (χ3v) is 4.04. The number of pyridine rings is 1. The van der Waals surface area contributed by atoms with Crippen LogP contribution in [-0.4, -0.2) is 41.4 Å². The Morgan fingerprint density at radius 1 is 1.53 bits per heavy atom. The molecule has 1 aromatic heterocycles. The van der Waals surface area contributed by atoms with Crippen molar-refractivity contribution in [3.8, 4) is 0 Å². The topological polar surface area (TPSA) is 62.7 Å². The minimum absolute atomic E-state index is 0.254. The largest absolute Gasteiger partial charge is 0.478 e. The third-order valence-electron chi connectivity index (χ3n) is 4.04. The Kier molecular flexibility index (Phi) is 3.14. The molecule has 0 amide bonds. The molecule has 2 aliphatic rings. The first-order chi connectivity index (χ1) is 9.16. The number of aromatic nitrogens is 1. The first kappa shape index (κ1) is 12.4. The Bertz CT molecular complexity index is 503. The average Bonchev–Trinajstić information content (AvgIpc) is 2.86. The second-order valence-corrected chi connectivity index (χ2v) is 5.25. The van der Waals surface area contributed by atoms with E-state index in [0.717, 1.165) is 37.2 Å². The van der Waals surface area contributed by atoms with E-state index in [4.69, 9.17) is 4.74 Å². The Morgan fingerprint density at radius 3 is 3.16 bits per heavy atom. The normalized spacial score (nSPS) is 26.3. The van der Waals surface area contributed by atoms with Gasteiger partial charge in [-0.15, -0.1) is 0 Å². The fraction of sp³-hybridized carbons (Fsp3) is 0.571. The van der Waals surface area contributed by atoms with E-state index in [0.29, 0.717) is 12.6 Å². The first-order valence-corrected chi connectivity index (χ1v) is 6.75. The number of carbonyl (C=O) groups is 1. The minimum atomic E-state index is -0.913. The van der Waals surface area contributed by atoms with Crippen molar-refractivity contribution in [2.24, 2.45) is 0 Å². The molecule has 5 heteroatoms. The number of ether oxygens (including phenoxy) is 1. The summed E-state index contributed by atoms with van der Waals surface area (Å²) in [4.78, 5) is 17.7. The van der Waals surface area contributed by atoms with Gasteiger partial charge in [0, 0.05) is 18.4 Å². The van der Waals surface area contributed by atoms with E-state index in [1.165, 1.54) is 6.20 Å². The number of nitrogens with zero attached hydrogens (tertiary/aromatic N) is 2. The number of morpholine rings is 1. The van der Waals surface area contributed by atoms with Gasteiger partial charge in [-0.05, 0) is 32.3 Å². The zero-order valence-corrected chi connectivity index (χ0v) is 11.0. The molecule has 102 valence electrons. The molecule has 1 N–H and O–H groups in total. The van der Waals surface area contributed by atoms with Crippen LogP contribution < -0.4 is 4.90 Å². The Hall–Kier alpha value is -1.62. The maximum atomic E-state index is 11.4. The highest BCUT2D eigenvalue weighted by Gasteiger charge is 2.37. The number of aromatic carboxylic acids is 1. The Morgan fingerprint density at radius 2 is 2.37 bits per heavy atom. The van der Waals surface area contributed by atoms with Crippen molar-refractivity contribution in [1.82, 2.24) is 4.98 Å². The van der Waals surface area contributed by atoms with Crippen molar-refractivity contribution in [3.05, 3.63) is 23.5 Å². The molecule has 1 saturated heterocycles. The fourth-order valence-electron chi connectivity index (χ4n) is 3.17. The van der Waals surface area contributed by atoms with Gasteiger partial charge in [-0.1, -0.05) is 0 Å². The van der Waals surface area contributed by atoms with Crippen molar-refractivity contribution in [2.45, 2.75) is 38.3 Å². The summed E-state index contributed by atoms with van der Waals surface area (Å²) in [6.45, 7) is 3.31. The van der Waals surface area contributed by atoms with Gasteiger partial charge < -0.3 is 14.7 Å². The van der Waals surface area contributed by atoms with E-state index in [2.05, 4.69) is 9.88 Å². The third kappa shape index (κ3) is 2.18. The van der Waals surface area contributed by atoms with Crippen LogP contribution >= 0.6 is 0 Å². The van der Waals surface area contributed by atoms with Crippen LogP contribution in [0.5, 0.6) is 0 Å². The Labute approximate surface area is 112 Å². The summed E-state index contributed by atoms with van der Waals surface area (Å²) >= 11 is 0. The number of anilines is 1. The average molecular weight is 262 g/mol. The molecule has 0 aromatic carbocycles. The lowest BCUT2D eigenvalue weighted by Crippen LogP contribution is -2.49. The molecule has 3 rings (SSSR count). The molecule has 1 aliphatic heterocycles. The van der Waals surface area contributed by atoms with Crippen LogP contribution in [0.2, 0.25) is 0 Å². The lowest BCUT2D eigenvalue weighted by atomic mass is 10.1. The van der Waals surface area contributed by atoms with Crippen LogP contribution in [0.25, 0.3) is 0 Å². The molecule has 5 nitrogen and oxygen atoms in total. The van der Waals surface area contributed by atoms with Crippen LogP contribution in [-0.2, 0) is 4.74 Å². The summed E-state index contributed by atoms with van der Waals surface area (Å²) in [6, 6.07) is 2.19. The van der Waals surface area contributed by atoms with Gasteiger partial charge in [0.15, 0.2) is 0 Å². The van der Waals surface area contributed by atoms with Crippen LogP contribution in [0, 0.1) is 6.92 Å². The van der Waals surface area contributed by atoms with E-state index in [-0.39, 0.29) is 11.7 Å². The van der Waals surface area contributed by atoms with E-state index in [1.54, 1.807) is 0 Å². The highest BCUT2D eigenvalue weighted by molar-refractivity contribution is 5.94. The summed E-state index contributed by atoms with van der Waals surface area (Å²) < 4.78 is 5.78. The molecule has 0 bridgehead atoms. The van der Waals surface area contributed by atoms with E-state index in [1.807, 2.05) is 13.0 Å². The molecule has 0 spiro atoms. The van der Waals surface area contributed by atoms with Crippen molar-refractivity contribution < 1.29 is 14.6 Å². The number of aryl methyl sites for hydroxylation is 1. The van der Waals surface area contributed by atoms with Crippen LogP contribution in [0.15, 0.2) is 12.3 Å². The van der Waals surface area contributed by atoms with E-state index < -0.39 is 5.97 Å². The highest BCUT2D eigenvalue weighted by Crippen LogP contribution is 2.34. The molecule has 2 atom stereocenters. The van der Waals surface area contributed by atoms with Crippen molar-refractivity contribution in [2.75, 3.05) is 18.1 Å². The number of fused-ring (bicyclic) bond motifs is 1. The standard InChI is InChI=1S/C14H18N2O3/c1-9-7-12(10(8-15-9)14(17)18)16-5-6-19-13-4-2-3-11(13)16/h7-8,11,13H,2-6H2,1H3,(H,17,18). The number of carboxylic acid groups (broad SMARTS) is 1. The Balaban J connectivity index is 2.00. The second-order valence-electron chi connectivity index (χ2n) is 5.25. The van der Waals surface area contributed by atoms with Gasteiger partial charge in [-0.3, -0.25) is 4.98 Å². The lowest BCUT2D eigenvalue weighted by molar-refractivity contribution is 0.0254. The minimum Gasteiger partial charge on any atom is -0.478 e. The number of carboxylic acids is 1. The molecule has 1 aliphatic carbocycles. The summed E-state index contributed by atoms with van der Waals surface area (Å²) in [5.74, 6) is -0.913. The van der Waals surface area contributed by atoms with Crippen molar-refractivity contribution in [1.29, 1.82) is 0 Å². The van der Waals surface area contributed by atoms with Gasteiger partial charge in [0.05, 0.1) is 24.4 Å². The van der Waals surface area contributed by atoms with Gasteiger partial charge in [0.1, 0.15) is 5.56 Å². The lowest BCUT2D eigenvalue weighted by Gasteiger charge is -2.39. The molecule has 19 heavy (non-hydrogen) atoms. The predicted octanol–water partition coefficient (Wildman–Crippen LogP) is 1.85. The predicted molar refractivity (Wildman–Crippen MR) is 70.7 cm³/mol. The molecule has 1 aromatic rings. The maximum absolute atomic E-state index is 11.4. The number of hydrogen-bond donors (Lipinski definition) is 1. The van der Waals surface area contributed by atoms with E-state index in [9.17, 15) is 9.90 Å². The molecule has 2 heterocycles. The number of rotatable bonds is 2. The van der Waals surface area contributed by atoms with Gasteiger partial charge in [-0.25, -0.2) is 4.79 Å². The van der Waals surface area contributed by atoms with Crippen LogP contribution in [0.4, 0.5) is 5.69 Å². The highest BCUT2D eigenvalue weighted by atomic mass is 16.5. The monoisotopic (exact) mass is 262 g/mol. The zero-order chi connectivity index (χ0) is 13.4. The number of hydrogen-bond acceptors (Lipinski definition) is 4. The van der Waals surface area contributed by atoms with Gasteiger partial charge >= 0.3 is 5.97 Å². The van der Waals surface area contributed by atoms with Crippen molar-refractivity contribution >= 4 is 11.7 Å². The molecular formula is C14H18N2O3. The SMILES string of the molecule is Cc1cc(N2CCOC3CCCC32)c(C(=O)O)cn1.